The van der Waals surface area contributed by atoms with Gasteiger partial charge in [-0.1, -0.05) is 164 Å². The second kappa shape index (κ2) is 17.5. The highest BCUT2D eigenvalue weighted by atomic mass is 16.3. The number of nitrogens with zero attached hydrogens (tertiary/aromatic N) is 5. The molecule has 85 heavy (non-hydrogen) atoms. The molecule has 0 aliphatic rings. The van der Waals surface area contributed by atoms with E-state index in [0.717, 1.165) is 150 Å². The highest BCUT2D eigenvalue weighted by Gasteiger charge is 2.32. The van der Waals surface area contributed by atoms with Crippen LogP contribution in [-0.4, -0.2) is 13.5 Å². The van der Waals surface area contributed by atoms with Gasteiger partial charge in [-0.15, -0.1) is 0 Å². The molecule has 7 heteroatoms. The molecule has 0 spiro atoms. The van der Waals surface area contributed by atoms with Gasteiger partial charge >= 0.3 is 0 Å². The lowest BCUT2D eigenvalue weighted by molar-refractivity contribution is 0.670. The van der Waals surface area contributed by atoms with Gasteiger partial charge in [0.2, 0.25) is 0 Å². The van der Waals surface area contributed by atoms with Crippen LogP contribution in [0.4, 0.5) is 34.1 Å². The maximum absolute atomic E-state index is 7.28. The lowest BCUT2D eigenvalue weighted by Gasteiger charge is -2.27. The van der Waals surface area contributed by atoms with E-state index in [-0.39, 0.29) is 0 Å². The van der Waals surface area contributed by atoms with Crippen LogP contribution in [-0.2, 0) is 0 Å². The van der Waals surface area contributed by atoms with Crippen molar-refractivity contribution in [3.05, 3.63) is 285 Å². The molecule has 396 valence electrons. The van der Waals surface area contributed by atoms with Gasteiger partial charge in [-0.3, -0.25) is 0 Å². The van der Waals surface area contributed by atoms with Crippen LogP contribution in [0.5, 0.6) is 0 Å². The molecule has 13 aromatic carbocycles. The fourth-order valence-corrected chi connectivity index (χ4v) is 14.4. The molecular formula is C78H47N5O2. The maximum atomic E-state index is 7.28. The standard InChI is InChI=1S/C78H47N5O2/c1-5-22-48(23-6-1)79(52-40-42-66-60(44-52)54-30-13-17-36-64(54)81(66)50-26-9-3-10-27-50)68-46-62-56-32-15-19-38-70(56)84-77(62)75-72(68)58-34-21-35-59-73-69(47-63-57-33-16-20-39-71(57)85-78(63)76(73)83(75)74(58)59)80(49-24-7-2-8-25-49)53-41-43-67-61(45-53)55-31-14-18-37-65(55)82(67)51-28-11-4-12-29-51/h1-47H. The molecule has 0 saturated heterocycles. The zero-order valence-corrected chi connectivity index (χ0v) is 45.7. The largest absolute Gasteiger partial charge is 0.454 e. The minimum Gasteiger partial charge on any atom is -0.454 e. The summed E-state index contributed by atoms with van der Waals surface area (Å²) < 4.78 is 21.8. The highest BCUT2D eigenvalue weighted by Crippen LogP contribution is 2.55. The number of hydrogen-bond donors (Lipinski definition) is 0. The molecule has 0 aliphatic heterocycles. The van der Waals surface area contributed by atoms with Gasteiger partial charge < -0.3 is 32.2 Å². The maximum Gasteiger partial charge on any atom is 0.160 e. The Labute approximate surface area is 485 Å². The van der Waals surface area contributed by atoms with E-state index < -0.39 is 0 Å². The molecule has 0 bridgehead atoms. The van der Waals surface area contributed by atoms with E-state index in [1.165, 1.54) is 21.5 Å². The summed E-state index contributed by atoms with van der Waals surface area (Å²) in [6, 6.07) is 103. The van der Waals surface area contributed by atoms with Crippen molar-refractivity contribution in [2.45, 2.75) is 0 Å². The lowest BCUT2D eigenvalue weighted by Crippen LogP contribution is -2.11. The molecule has 0 atom stereocenters. The number of fused-ring (bicyclic) bond motifs is 20. The summed E-state index contributed by atoms with van der Waals surface area (Å²) in [5.41, 5.74) is 19.5. The first-order valence-corrected chi connectivity index (χ1v) is 29.0. The van der Waals surface area contributed by atoms with Crippen molar-refractivity contribution in [3.63, 3.8) is 0 Å². The Balaban J connectivity index is 0.952. The van der Waals surface area contributed by atoms with Crippen LogP contribution in [0.3, 0.4) is 0 Å². The number of para-hydroxylation sites is 9. The summed E-state index contributed by atoms with van der Waals surface area (Å²) in [5, 5.41) is 13.3. The normalized spacial score (nSPS) is 12.2. The van der Waals surface area contributed by atoms with Crippen molar-refractivity contribution in [1.29, 1.82) is 0 Å². The second-order valence-electron chi connectivity index (χ2n) is 22.3. The van der Waals surface area contributed by atoms with Crippen LogP contribution in [0.1, 0.15) is 0 Å². The average molecular weight is 1090 g/mol. The number of hydrogen-bond acceptors (Lipinski definition) is 4. The van der Waals surface area contributed by atoms with Gasteiger partial charge in [0.25, 0.3) is 0 Å². The van der Waals surface area contributed by atoms with Crippen LogP contribution in [0, 0.1) is 0 Å². The van der Waals surface area contributed by atoms with Gasteiger partial charge in [-0.2, -0.15) is 0 Å². The van der Waals surface area contributed by atoms with E-state index in [4.69, 9.17) is 8.83 Å². The molecular weight excluding hydrogens is 1040 g/mol. The van der Waals surface area contributed by atoms with Crippen LogP contribution in [0.2, 0.25) is 0 Å². The smallest absolute Gasteiger partial charge is 0.160 e. The molecule has 0 saturated carbocycles. The van der Waals surface area contributed by atoms with Crippen molar-refractivity contribution in [3.8, 4) is 11.4 Å². The third kappa shape index (κ3) is 6.43. The zero-order chi connectivity index (χ0) is 55.4. The average Bonchev–Trinajstić information content (AvgIpc) is 1.55. The minimum absolute atomic E-state index is 0.819. The Hall–Kier alpha value is -11.5. The van der Waals surface area contributed by atoms with Crippen molar-refractivity contribution in [2.75, 3.05) is 9.80 Å². The number of aromatic nitrogens is 3. The third-order valence-electron chi connectivity index (χ3n) is 17.9. The third-order valence-corrected chi connectivity index (χ3v) is 17.9. The van der Waals surface area contributed by atoms with E-state index in [9.17, 15) is 0 Å². The Kier molecular flexibility index (Phi) is 9.49. The fraction of sp³-hybridized carbons (Fsp3) is 0. The molecule has 7 nitrogen and oxygen atoms in total. The molecule has 0 aliphatic carbocycles. The number of anilines is 6. The van der Waals surface area contributed by atoms with Crippen LogP contribution in [0.15, 0.2) is 294 Å². The highest BCUT2D eigenvalue weighted by molar-refractivity contribution is 6.36. The minimum atomic E-state index is 0.819. The summed E-state index contributed by atoms with van der Waals surface area (Å²) in [7, 11) is 0. The van der Waals surface area contributed by atoms with Crippen LogP contribution < -0.4 is 9.80 Å². The molecule has 0 radical (unpaired) electrons. The molecule has 0 amide bonds. The zero-order valence-electron chi connectivity index (χ0n) is 45.7. The van der Waals surface area contributed by atoms with E-state index in [2.05, 4.69) is 308 Å². The first kappa shape index (κ1) is 46.1. The van der Waals surface area contributed by atoms with Gasteiger partial charge in [-0.25, -0.2) is 0 Å². The number of rotatable bonds is 8. The van der Waals surface area contributed by atoms with E-state index in [1.807, 2.05) is 0 Å². The van der Waals surface area contributed by atoms with Gasteiger partial charge in [0.1, 0.15) is 22.2 Å². The van der Waals surface area contributed by atoms with E-state index >= 15 is 0 Å². The summed E-state index contributed by atoms with van der Waals surface area (Å²) in [4.78, 5) is 4.93. The summed E-state index contributed by atoms with van der Waals surface area (Å²) in [6.07, 6.45) is 0. The summed E-state index contributed by atoms with van der Waals surface area (Å²) in [5.74, 6) is 0. The Morgan fingerprint density at radius 2 is 0.612 bits per heavy atom. The molecule has 0 N–H and O–H groups in total. The molecule has 19 aromatic rings. The van der Waals surface area contributed by atoms with E-state index in [0.29, 0.717) is 0 Å². The Morgan fingerprint density at radius 3 is 1.06 bits per heavy atom. The van der Waals surface area contributed by atoms with Crippen molar-refractivity contribution in [1.82, 2.24) is 13.5 Å². The first-order chi connectivity index (χ1) is 42.2. The van der Waals surface area contributed by atoms with Crippen molar-refractivity contribution >= 4 is 160 Å². The summed E-state index contributed by atoms with van der Waals surface area (Å²) >= 11 is 0. The van der Waals surface area contributed by atoms with Crippen LogP contribution >= 0.6 is 0 Å². The fourth-order valence-electron chi connectivity index (χ4n) is 14.4. The summed E-state index contributed by atoms with van der Waals surface area (Å²) in [6.45, 7) is 0. The molecule has 19 rings (SSSR count). The Bertz CT molecular complexity index is 5550. The first-order valence-electron chi connectivity index (χ1n) is 29.0. The topological polar surface area (TPSA) is 47.0 Å². The molecule has 0 fully saturated rings. The van der Waals surface area contributed by atoms with Crippen molar-refractivity contribution in [2.24, 2.45) is 0 Å². The van der Waals surface area contributed by atoms with Gasteiger partial charge in [0.15, 0.2) is 11.2 Å². The predicted octanol–water partition coefficient (Wildman–Crippen LogP) is 21.8. The lowest BCUT2D eigenvalue weighted by atomic mass is 10.0. The Morgan fingerprint density at radius 1 is 0.247 bits per heavy atom. The molecule has 0 unspecified atom stereocenters. The predicted molar refractivity (Wildman–Crippen MR) is 354 cm³/mol. The van der Waals surface area contributed by atoms with Gasteiger partial charge in [-0.05, 0) is 121 Å². The van der Waals surface area contributed by atoms with Crippen molar-refractivity contribution < 1.29 is 8.83 Å². The van der Waals surface area contributed by atoms with Gasteiger partial charge in [0.05, 0.1) is 39.0 Å². The SMILES string of the molecule is c1ccc(N(c2ccc3c(c2)c2ccccc2n3-c2ccccc2)c2cc3c4ccccc4oc3c3c2c2cccc4c5c(N(c6ccccc6)c6ccc7c(c6)c6ccccc6n7-c6ccccc6)cc6c7ccccc7oc6c5n3c24)cc1. The monoisotopic (exact) mass is 1090 g/mol. The van der Waals surface area contributed by atoms with Gasteiger partial charge in [0, 0.05) is 98.8 Å². The number of furan rings is 2. The molecule has 6 aromatic heterocycles. The second-order valence-corrected chi connectivity index (χ2v) is 22.3. The molecule has 6 heterocycles. The quantitative estimate of drug-likeness (QED) is 0.152. The number of benzene rings is 13. The van der Waals surface area contributed by atoms with E-state index in [1.54, 1.807) is 0 Å². The van der Waals surface area contributed by atoms with Crippen LogP contribution in [0.25, 0.3) is 137 Å².